The summed E-state index contributed by atoms with van der Waals surface area (Å²) in [4.78, 5) is 33.5. The first kappa shape index (κ1) is 17.5. The van der Waals surface area contributed by atoms with Crippen LogP contribution in [0.4, 0.5) is 5.69 Å². The molecule has 0 aliphatic carbocycles. The predicted molar refractivity (Wildman–Crippen MR) is 106 cm³/mol. The summed E-state index contributed by atoms with van der Waals surface area (Å²) in [5.41, 5.74) is 1.51. The maximum atomic E-state index is 12.7. The average molecular weight is 383 g/mol. The quantitative estimate of drug-likeness (QED) is 0.698. The fourth-order valence-electron chi connectivity index (χ4n) is 3.35. The van der Waals surface area contributed by atoms with Gasteiger partial charge in [0, 0.05) is 36.9 Å². The average Bonchev–Trinajstić information content (AvgIpc) is 2.70. The van der Waals surface area contributed by atoms with Crippen LogP contribution in [0.15, 0.2) is 59.7 Å². The highest BCUT2D eigenvalue weighted by Gasteiger charge is 2.22. The minimum Gasteiger partial charge on any atom is -0.368 e. The van der Waals surface area contributed by atoms with Crippen molar-refractivity contribution in [1.82, 2.24) is 14.5 Å². The van der Waals surface area contributed by atoms with Gasteiger partial charge in [0.15, 0.2) is 0 Å². The Kier molecular flexibility index (Phi) is 4.81. The molecular weight excluding hydrogens is 364 g/mol. The van der Waals surface area contributed by atoms with Crippen LogP contribution in [-0.2, 0) is 11.3 Å². The third kappa shape index (κ3) is 3.66. The van der Waals surface area contributed by atoms with Gasteiger partial charge >= 0.3 is 0 Å². The van der Waals surface area contributed by atoms with Crippen LogP contribution in [0.2, 0.25) is 5.02 Å². The largest absolute Gasteiger partial charge is 0.368 e. The van der Waals surface area contributed by atoms with Crippen molar-refractivity contribution in [1.29, 1.82) is 0 Å². The Labute approximate surface area is 161 Å². The van der Waals surface area contributed by atoms with Gasteiger partial charge in [0.1, 0.15) is 6.54 Å². The molecule has 0 spiro atoms. The lowest BCUT2D eigenvalue weighted by Gasteiger charge is -2.36. The van der Waals surface area contributed by atoms with E-state index < -0.39 is 0 Å². The third-order valence-electron chi connectivity index (χ3n) is 4.84. The van der Waals surface area contributed by atoms with E-state index in [2.05, 4.69) is 9.88 Å². The molecule has 0 unspecified atom stereocenters. The number of rotatable bonds is 3. The highest BCUT2D eigenvalue weighted by molar-refractivity contribution is 6.30. The van der Waals surface area contributed by atoms with Crippen LogP contribution in [0.3, 0.4) is 0 Å². The molecule has 1 fully saturated rings. The molecule has 7 heteroatoms. The van der Waals surface area contributed by atoms with Gasteiger partial charge in [-0.2, -0.15) is 0 Å². The van der Waals surface area contributed by atoms with Crippen molar-refractivity contribution in [2.45, 2.75) is 6.54 Å². The minimum absolute atomic E-state index is 0.00777. The standard InChI is InChI=1S/C20H19ClN4O2/c21-15-4-3-5-16(12-15)23-8-10-24(11-9-23)19(26)13-25-14-22-18-7-2-1-6-17(18)20(25)27/h1-7,12,14H,8-11,13H2. The molecule has 2 aromatic carbocycles. The second kappa shape index (κ2) is 7.40. The van der Waals surface area contributed by atoms with Crippen LogP contribution in [0, 0.1) is 0 Å². The number of piperazine rings is 1. The number of anilines is 1. The van der Waals surface area contributed by atoms with Crippen LogP contribution in [0.25, 0.3) is 10.9 Å². The molecule has 3 aromatic rings. The molecule has 0 saturated carbocycles. The Hall–Kier alpha value is -2.86. The summed E-state index contributed by atoms with van der Waals surface area (Å²) < 4.78 is 1.38. The number of carbonyl (C=O) groups is 1. The van der Waals surface area contributed by atoms with Gasteiger partial charge in [-0.15, -0.1) is 0 Å². The molecule has 1 aliphatic heterocycles. The molecule has 2 heterocycles. The van der Waals surface area contributed by atoms with E-state index in [0.717, 1.165) is 18.8 Å². The number of fused-ring (bicyclic) bond motifs is 1. The Morgan fingerprint density at radius 1 is 1.04 bits per heavy atom. The Morgan fingerprint density at radius 3 is 2.59 bits per heavy atom. The van der Waals surface area contributed by atoms with Gasteiger partial charge in [0.25, 0.3) is 5.56 Å². The molecule has 1 saturated heterocycles. The molecule has 138 valence electrons. The van der Waals surface area contributed by atoms with Crippen molar-refractivity contribution >= 4 is 34.1 Å². The minimum atomic E-state index is -0.188. The van der Waals surface area contributed by atoms with Crippen molar-refractivity contribution in [3.8, 4) is 0 Å². The zero-order chi connectivity index (χ0) is 18.8. The molecule has 0 bridgehead atoms. The Bertz CT molecular complexity index is 1040. The lowest BCUT2D eigenvalue weighted by molar-refractivity contribution is -0.132. The highest BCUT2D eigenvalue weighted by atomic mass is 35.5. The summed E-state index contributed by atoms with van der Waals surface area (Å²) in [5.74, 6) is -0.0695. The lowest BCUT2D eigenvalue weighted by Crippen LogP contribution is -2.50. The Morgan fingerprint density at radius 2 is 1.81 bits per heavy atom. The summed E-state index contributed by atoms with van der Waals surface area (Å²) in [6, 6.07) is 14.9. The topological polar surface area (TPSA) is 58.4 Å². The van der Waals surface area contributed by atoms with Gasteiger partial charge in [0.05, 0.1) is 17.2 Å². The number of aromatic nitrogens is 2. The fourth-order valence-corrected chi connectivity index (χ4v) is 3.54. The van der Waals surface area contributed by atoms with E-state index >= 15 is 0 Å². The second-order valence-corrected chi connectivity index (χ2v) is 6.98. The van der Waals surface area contributed by atoms with Gasteiger partial charge in [0.2, 0.25) is 5.91 Å². The molecular formula is C20H19ClN4O2. The summed E-state index contributed by atoms with van der Waals surface area (Å²) in [5, 5.41) is 1.23. The van der Waals surface area contributed by atoms with Gasteiger partial charge in [-0.05, 0) is 30.3 Å². The summed E-state index contributed by atoms with van der Waals surface area (Å²) in [7, 11) is 0. The van der Waals surface area contributed by atoms with Crippen molar-refractivity contribution in [2.24, 2.45) is 0 Å². The zero-order valence-electron chi connectivity index (χ0n) is 14.7. The van der Waals surface area contributed by atoms with E-state index in [-0.39, 0.29) is 18.0 Å². The van der Waals surface area contributed by atoms with Crippen molar-refractivity contribution in [3.63, 3.8) is 0 Å². The number of hydrogen-bond donors (Lipinski definition) is 0. The molecule has 1 amide bonds. The number of carbonyl (C=O) groups excluding carboxylic acids is 1. The van der Waals surface area contributed by atoms with Gasteiger partial charge in [-0.1, -0.05) is 29.8 Å². The predicted octanol–water partition coefficient (Wildman–Crippen LogP) is 2.40. The monoisotopic (exact) mass is 382 g/mol. The van der Waals surface area contributed by atoms with Gasteiger partial charge < -0.3 is 9.80 Å². The smallest absolute Gasteiger partial charge is 0.261 e. The summed E-state index contributed by atoms with van der Waals surface area (Å²) >= 11 is 6.06. The van der Waals surface area contributed by atoms with Gasteiger partial charge in [-0.25, -0.2) is 4.98 Å². The summed E-state index contributed by atoms with van der Waals surface area (Å²) in [6.07, 6.45) is 1.45. The zero-order valence-corrected chi connectivity index (χ0v) is 15.5. The van der Waals surface area contributed by atoms with E-state index in [4.69, 9.17) is 11.6 Å². The van der Waals surface area contributed by atoms with Crippen LogP contribution in [0.1, 0.15) is 0 Å². The molecule has 4 rings (SSSR count). The first-order chi connectivity index (χ1) is 13.1. The van der Waals surface area contributed by atoms with E-state index in [9.17, 15) is 9.59 Å². The summed E-state index contributed by atoms with van der Waals surface area (Å²) in [6.45, 7) is 2.70. The number of amides is 1. The maximum Gasteiger partial charge on any atom is 0.261 e. The van der Waals surface area contributed by atoms with Crippen molar-refractivity contribution in [3.05, 3.63) is 70.2 Å². The number of halogens is 1. The molecule has 0 atom stereocenters. The SMILES string of the molecule is O=C(Cn1cnc2ccccc2c1=O)N1CCN(c2cccc(Cl)c2)CC1. The van der Waals surface area contributed by atoms with Crippen LogP contribution in [0.5, 0.6) is 0 Å². The van der Waals surface area contributed by atoms with Crippen molar-refractivity contribution in [2.75, 3.05) is 31.1 Å². The molecule has 27 heavy (non-hydrogen) atoms. The molecule has 0 N–H and O–H groups in total. The lowest BCUT2D eigenvalue weighted by atomic mass is 10.2. The number of para-hydroxylation sites is 1. The van der Waals surface area contributed by atoms with Crippen molar-refractivity contribution < 1.29 is 4.79 Å². The van der Waals surface area contributed by atoms with Crippen LogP contribution in [-0.4, -0.2) is 46.5 Å². The molecule has 1 aliphatic rings. The van der Waals surface area contributed by atoms with E-state index in [1.807, 2.05) is 30.3 Å². The van der Waals surface area contributed by atoms with Crippen LogP contribution < -0.4 is 10.5 Å². The number of nitrogens with zero attached hydrogens (tertiary/aromatic N) is 4. The highest BCUT2D eigenvalue weighted by Crippen LogP contribution is 2.20. The van der Waals surface area contributed by atoms with E-state index in [0.29, 0.717) is 29.0 Å². The number of benzene rings is 2. The maximum absolute atomic E-state index is 12.7. The number of hydrogen-bond acceptors (Lipinski definition) is 4. The van der Waals surface area contributed by atoms with Gasteiger partial charge in [-0.3, -0.25) is 14.2 Å². The second-order valence-electron chi connectivity index (χ2n) is 6.54. The molecule has 0 radical (unpaired) electrons. The molecule has 6 nitrogen and oxygen atoms in total. The first-order valence-electron chi connectivity index (χ1n) is 8.84. The Balaban J connectivity index is 1.43. The molecule has 1 aromatic heterocycles. The van der Waals surface area contributed by atoms with E-state index in [1.54, 1.807) is 23.1 Å². The first-order valence-corrected chi connectivity index (χ1v) is 9.22. The normalized spacial score (nSPS) is 14.6. The van der Waals surface area contributed by atoms with Crippen LogP contribution >= 0.6 is 11.6 Å². The third-order valence-corrected chi connectivity index (χ3v) is 5.08. The van der Waals surface area contributed by atoms with E-state index in [1.165, 1.54) is 10.9 Å². The fraction of sp³-hybridized carbons (Fsp3) is 0.250.